The van der Waals surface area contributed by atoms with Crippen LogP contribution >= 0.6 is 0 Å². The zero-order chi connectivity index (χ0) is 16.4. The second-order valence-corrected chi connectivity index (χ2v) is 7.88. The molecule has 1 rings (SSSR count). The zero-order valence-electron chi connectivity index (χ0n) is 14.0. The van der Waals surface area contributed by atoms with Crippen LogP contribution < -0.4 is 5.73 Å². The van der Waals surface area contributed by atoms with Gasteiger partial charge in [-0.1, -0.05) is 20.8 Å². The van der Waals surface area contributed by atoms with Gasteiger partial charge in [0.15, 0.2) is 0 Å². The Morgan fingerprint density at radius 1 is 1.29 bits per heavy atom. The molecule has 1 heterocycles. The average molecular weight is 298 g/mol. The Morgan fingerprint density at radius 3 is 2.33 bits per heavy atom. The molecule has 5 heteroatoms. The SMILES string of the molecule is CC(C)(C)C(N)CC(=O)N1CCCC(C(C)(C)C(=O)O)C1. The minimum atomic E-state index is -0.801. The predicted octanol–water partition coefficient (Wildman–Crippen LogP) is 2.10. The number of carboxylic acids is 1. The van der Waals surface area contributed by atoms with Crippen molar-refractivity contribution in [2.24, 2.45) is 22.5 Å². The Morgan fingerprint density at radius 2 is 1.86 bits per heavy atom. The summed E-state index contributed by atoms with van der Waals surface area (Å²) in [6.07, 6.45) is 2.04. The molecule has 1 fully saturated rings. The lowest BCUT2D eigenvalue weighted by Crippen LogP contribution is -2.49. The van der Waals surface area contributed by atoms with Gasteiger partial charge in [-0.05, 0) is 38.0 Å². The summed E-state index contributed by atoms with van der Waals surface area (Å²) in [6, 6.07) is -0.183. The van der Waals surface area contributed by atoms with Crippen molar-refractivity contribution < 1.29 is 14.7 Å². The molecule has 2 unspecified atom stereocenters. The van der Waals surface area contributed by atoms with Crippen LogP contribution in [0.3, 0.4) is 0 Å². The van der Waals surface area contributed by atoms with Crippen molar-refractivity contribution in [1.29, 1.82) is 0 Å². The highest BCUT2D eigenvalue weighted by atomic mass is 16.4. The molecule has 1 saturated heterocycles. The van der Waals surface area contributed by atoms with E-state index < -0.39 is 11.4 Å². The third kappa shape index (κ3) is 4.43. The van der Waals surface area contributed by atoms with Gasteiger partial charge in [-0.3, -0.25) is 9.59 Å². The van der Waals surface area contributed by atoms with Crippen LogP contribution in [0.4, 0.5) is 0 Å². The summed E-state index contributed by atoms with van der Waals surface area (Å²) in [5.41, 5.74) is 5.18. The highest BCUT2D eigenvalue weighted by molar-refractivity contribution is 5.77. The molecule has 0 aliphatic carbocycles. The van der Waals surface area contributed by atoms with E-state index in [2.05, 4.69) is 0 Å². The molecule has 0 saturated carbocycles. The fourth-order valence-corrected chi connectivity index (χ4v) is 2.59. The van der Waals surface area contributed by atoms with Gasteiger partial charge in [0.25, 0.3) is 0 Å². The molecule has 0 radical (unpaired) electrons. The fraction of sp³-hybridized carbons (Fsp3) is 0.875. The lowest BCUT2D eigenvalue weighted by Gasteiger charge is -2.40. The quantitative estimate of drug-likeness (QED) is 0.832. The third-order valence-electron chi connectivity index (χ3n) is 4.85. The molecule has 0 bridgehead atoms. The highest BCUT2D eigenvalue weighted by Gasteiger charge is 2.40. The summed E-state index contributed by atoms with van der Waals surface area (Å²) in [5, 5.41) is 9.35. The summed E-state index contributed by atoms with van der Waals surface area (Å²) in [4.78, 5) is 25.6. The molecule has 1 aliphatic rings. The second kappa shape index (κ2) is 6.34. The number of hydrogen-bond donors (Lipinski definition) is 2. The molecular formula is C16H30N2O3. The predicted molar refractivity (Wildman–Crippen MR) is 82.8 cm³/mol. The monoisotopic (exact) mass is 298 g/mol. The molecule has 3 N–H and O–H groups in total. The number of aliphatic carboxylic acids is 1. The summed E-state index contributed by atoms with van der Waals surface area (Å²) in [7, 11) is 0. The van der Waals surface area contributed by atoms with Crippen molar-refractivity contribution in [1.82, 2.24) is 4.90 Å². The van der Waals surface area contributed by atoms with E-state index in [0.29, 0.717) is 19.5 Å². The summed E-state index contributed by atoms with van der Waals surface area (Å²) >= 11 is 0. The minimum Gasteiger partial charge on any atom is -0.481 e. The first-order valence-electron chi connectivity index (χ1n) is 7.73. The van der Waals surface area contributed by atoms with Gasteiger partial charge < -0.3 is 15.7 Å². The molecule has 21 heavy (non-hydrogen) atoms. The number of carbonyl (C=O) groups excluding carboxylic acids is 1. The molecular weight excluding hydrogens is 268 g/mol. The van der Waals surface area contributed by atoms with Gasteiger partial charge in [0, 0.05) is 25.6 Å². The van der Waals surface area contributed by atoms with Crippen molar-refractivity contribution in [3.63, 3.8) is 0 Å². The molecule has 0 aromatic heterocycles. The Balaban J connectivity index is 2.69. The van der Waals surface area contributed by atoms with Gasteiger partial charge in [-0.15, -0.1) is 0 Å². The molecule has 1 amide bonds. The van der Waals surface area contributed by atoms with E-state index in [1.165, 1.54) is 0 Å². The van der Waals surface area contributed by atoms with Crippen LogP contribution in [0.15, 0.2) is 0 Å². The van der Waals surface area contributed by atoms with E-state index in [9.17, 15) is 14.7 Å². The van der Waals surface area contributed by atoms with Gasteiger partial charge in [-0.25, -0.2) is 0 Å². The Kier molecular flexibility index (Phi) is 5.42. The second-order valence-electron chi connectivity index (χ2n) is 7.88. The van der Waals surface area contributed by atoms with Crippen LogP contribution in [-0.4, -0.2) is 41.0 Å². The van der Waals surface area contributed by atoms with E-state index in [0.717, 1.165) is 12.8 Å². The molecule has 5 nitrogen and oxygen atoms in total. The minimum absolute atomic E-state index is 0.00133. The Bertz CT molecular complexity index is 399. The van der Waals surface area contributed by atoms with Crippen molar-refractivity contribution in [3.05, 3.63) is 0 Å². The number of amides is 1. The van der Waals surface area contributed by atoms with Gasteiger partial charge >= 0.3 is 5.97 Å². The maximum Gasteiger partial charge on any atom is 0.309 e. The largest absolute Gasteiger partial charge is 0.481 e. The molecule has 122 valence electrons. The normalized spacial score (nSPS) is 22.0. The maximum atomic E-state index is 12.4. The first-order chi connectivity index (χ1) is 9.46. The van der Waals surface area contributed by atoms with Crippen LogP contribution in [0.25, 0.3) is 0 Å². The van der Waals surface area contributed by atoms with Crippen LogP contribution in [0, 0.1) is 16.7 Å². The van der Waals surface area contributed by atoms with Gasteiger partial charge in [0.05, 0.1) is 5.41 Å². The van der Waals surface area contributed by atoms with Gasteiger partial charge in [0.1, 0.15) is 0 Å². The van der Waals surface area contributed by atoms with E-state index in [-0.39, 0.29) is 23.3 Å². The topological polar surface area (TPSA) is 83.6 Å². The van der Waals surface area contributed by atoms with Crippen molar-refractivity contribution >= 4 is 11.9 Å². The molecule has 2 atom stereocenters. The first kappa shape index (κ1) is 18.0. The first-order valence-corrected chi connectivity index (χ1v) is 7.73. The van der Waals surface area contributed by atoms with Crippen molar-refractivity contribution in [2.75, 3.05) is 13.1 Å². The van der Waals surface area contributed by atoms with E-state index in [1.807, 2.05) is 20.8 Å². The lowest BCUT2D eigenvalue weighted by atomic mass is 9.74. The Labute approximate surface area is 127 Å². The van der Waals surface area contributed by atoms with Crippen LogP contribution in [-0.2, 0) is 9.59 Å². The number of nitrogens with two attached hydrogens (primary N) is 1. The number of carboxylic acid groups (broad SMARTS) is 1. The standard InChI is InChI=1S/C16H30N2O3/c1-15(2,3)12(17)9-13(19)18-8-6-7-11(10-18)16(4,5)14(20)21/h11-12H,6-10,17H2,1-5H3,(H,20,21). The van der Waals surface area contributed by atoms with Crippen LogP contribution in [0.5, 0.6) is 0 Å². The number of carbonyl (C=O) groups is 2. The van der Waals surface area contributed by atoms with Gasteiger partial charge in [-0.2, -0.15) is 0 Å². The van der Waals surface area contributed by atoms with Crippen LogP contribution in [0.1, 0.15) is 53.9 Å². The zero-order valence-corrected chi connectivity index (χ0v) is 14.0. The summed E-state index contributed by atoms with van der Waals surface area (Å²) in [6.45, 7) is 10.8. The molecule has 0 aromatic carbocycles. The number of rotatable bonds is 4. The average Bonchev–Trinajstić information content (AvgIpc) is 2.37. The summed E-state index contributed by atoms with van der Waals surface area (Å²) in [5.74, 6) is -0.755. The molecule has 0 spiro atoms. The number of piperidine rings is 1. The van der Waals surface area contributed by atoms with E-state index in [1.54, 1.807) is 18.7 Å². The summed E-state index contributed by atoms with van der Waals surface area (Å²) < 4.78 is 0. The van der Waals surface area contributed by atoms with Crippen molar-refractivity contribution in [2.45, 2.75) is 59.9 Å². The third-order valence-corrected chi connectivity index (χ3v) is 4.85. The number of hydrogen-bond acceptors (Lipinski definition) is 3. The van der Waals surface area contributed by atoms with E-state index >= 15 is 0 Å². The molecule has 1 aliphatic heterocycles. The Hall–Kier alpha value is -1.10. The fourth-order valence-electron chi connectivity index (χ4n) is 2.59. The number of likely N-dealkylation sites (tertiary alicyclic amines) is 1. The van der Waals surface area contributed by atoms with E-state index in [4.69, 9.17) is 5.73 Å². The molecule has 0 aromatic rings. The van der Waals surface area contributed by atoms with Crippen LogP contribution in [0.2, 0.25) is 0 Å². The smallest absolute Gasteiger partial charge is 0.309 e. The highest BCUT2D eigenvalue weighted by Crippen LogP contribution is 2.34. The van der Waals surface area contributed by atoms with Gasteiger partial charge in [0.2, 0.25) is 5.91 Å². The maximum absolute atomic E-state index is 12.4. The number of nitrogens with zero attached hydrogens (tertiary/aromatic N) is 1. The lowest BCUT2D eigenvalue weighted by molar-refractivity contribution is -0.153. The van der Waals surface area contributed by atoms with Crippen molar-refractivity contribution in [3.8, 4) is 0 Å².